The van der Waals surface area contributed by atoms with Crippen LogP contribution in [0.4, 0.5) is 0 Å². The van der Waals surface area contributed by atoms with Crippen molar-refractivity contribution in [1.82, 2.24) is 4.98 Å². The lowest BCUT2D eigenvalue weighted by Crippen LogP contribution is -1.83. The van der Waals surface area contributed by atoms with Gasteiger partial charge in [-0.1, -0.05) is 0 Å². The zero-order valence-corrected chi connectivity index (χ0v) is 7.84. The van der Waals surface area contributed by atoms with E-state index in [2.05, 4.69) is 4.98 Å². The van der Waals surface area contributed by atoms with Crippen LogP contribution in [-0.4, -0.2) is 4.98 Å². The van der Waals surface area contributed by atoms with Gasteiger partial charge in [-0.05, 0) is 25.7 Å². The fourth-order valence-corrected chi connectivity index (χ4v) is 1.31. The lowest BCUT2D eigenvalue weighted by molar-refractivity contribution is 0.447. The van der Waals surface area contributed by atoms with E-state index in [4.69, 9.17) is 16.0 Å². The minimum atomic E-state index is -0.113. The lowest BCUT2D eigenvalue weighted by Gasteiger charge is -1.94. The second kappa shape index (κ2) is 3.09. The summed E-state index contributed by atoms with van der Waals surface area (Å²) < 4.78 is 5.45. The Morgan fingerprint density at radius 1 is 1.75 bits per heavy atom. The number of aromatic nitrogens is 1. The highest BCUT2D eigenvalue weighted by Gasteiger charge is 2.23. The summed E-state index contributed by atoms with van der Waals surface area (Å²) in [5, 5.41) is -0.113. The molecule has 1 atom stereocenters. The number of hydrogen-bond acceptors (Lipinski definition) is 2. The predicted molar refractivity (Wildman–Crippen MR) is 47.2 cm³/mol. The van der Waals surface area contributed by atoms with Crippen molar-refractivity contribution < 1.29 is 4.42 Å². The molecule has 1 fully saturated rings. The van der Waals surface area contributed by atoms with Crippen LogP contribution in [0.3, 0.4) is 0 Å². The molecule has 0 bridgehead atoms. The van der Waals surface area contributed by atoms with Crippen LogP contribution in [0.2, 0.25) is 0 Å². The van der Waals surface area contributed by atoms with Gasteiger partial charge in [0, 0.05) is 6.42 Å². The SMILES string of the molecule is CC(Cl)c1ncc(CC2CC2)o1. The van der Waals surface area contributed by atoms with Gasteiger partial charge in [-0.15, -0.1) is 11.6 Å². The molecule has 12 heavy (non-hydrogen) atoms. The molecule has 0 aliphatic heterocycles. The molecule has 0 N–H and O–H groups in total. The third kappa shape index (κ3) is 1.81. The molecule has 1 aromatic heterocycles. The molecule has 0 aromatic carbocycles. The van der Waals surface area contributed by atoms with Crippen molar-refractivity contribution in [3.05, 3.63) is 17.8 Å². The van der Waals surface area contributed by atoms with Crippen LogP contribution in [0.1, 0.15) is 36.8 Å². The van der Waals surface area contributed by atoms with Crippen LogP contribution >= 0.6 is 11.6 Å². The molecule has 2 nitrogen and oxygen atoms in total. The highest BCUT2D eigenvalue weighted by atomic mass is 35.5. The predicted octanol–water partition coefficient (Wildman–Crippen LogP) is 2.93. The molecule has 1 aliphatic carbocycles. The summed E-state index contributed by atoms with van der Waals surface area (Å²) in [5.41, 5.74) is 0. The molecule has 0 amide bonds. The Morgan fingerprint density at radius 2 is 2.50 bits per heavy atom. The summed E-state index contributed by atoms with van der Waals surface area (Å²) in [5.74, 6) is 2.48. The summed E-state index contributed by atoms with van der Waals surface area (Å²) in [6.07, 6.45) is 5.52. The average molecular weight is 186 g/mol. The van der Waals surface area contributed by atoms with Gasteiger partial charge in [0.2, 0.25) is 5.89 Å². The third-order valence-corrected chi connectivity index (χ3v) is 2.29. The van der Waals surface area contributed by atoms with Crippen molar-refractivity contribution in [1.29, 1.82) is 0 Å². The minimum absolute atomic E-state index is 0.113. The highest BCUT2D eigenvalue weighted by molar-refractivity contribution is 6.20. The van der Waals surface area contributed by atoms with E-state index in [1.165, 1.54) is 12.8 Å². The standard InChI is InChI=1S/C9H12ClNO/c1-6(10)9-11-5-8(12-9)4-7-2-3-7/h5-7H,2-4H2,1H3. The first-order chi connectivity index (χ1) is 5.75. The molecule has 2 rings (SSSR count). The topological polar surface area (TPSA) is 26.0 Å². The molecule has 3 heteroatoms. The molecule has 0 saturated heterocycles. The summed E-state index contributed by atoms with van der Waals surface area (Å²) >= 11 is 5.81. The molecule has 1 heterocycles. The largest absolute Gasteiger partial charge is 0.444 e. The Kier molecular flexibility index (Phi) is 2.09. The van der Waals surface area contributed by atoms with E-state index >= 15 is 0 Å². The maximum Gasteiger partial charge on any atom is 0.212 e. The van der Waals surface area contributed by atoms with Crippen molar-refractivity contribution in [2.45, 2.75) is 31.6 Å². The van der Waals surface area contributed by atoms with Crippen LogP contribution in [0.15, 0.2) is 10.6 Å². The second-order valence-corrected chi connectivity index (χ2v) is 4.08. The number of rotatable bonds is 3. The molecule has 1 aliphatic rings. The fraction of sp³-hybridized carbons (Fsp3) is 0.667. The minimum Gasteiger partial charge on any atom is -0.444 e. The summed E-state index contributed by atoms with van der Waals surface area (Å²) in [6, 6.07) is 0. The monoisotopic (exact) mass is 185 g/mol. The zero-order valence-electron chi connectivity index (χ0n) is 7.09. The molecule has 1 aromatic rings. The first-order valence-electron chi connectivity index (χ1n) is 4.34. The van der Waals surface area contributed by atoms with E-state index in [0.29, 0.717) is 5.89 Å². The van der Waals surface area contributed by atoms with Crippen molar-refractivity contribution in [2.75, 3.05) is 0 Å². The van der Waals surface area contributed by atoms with Gasteiger partial charge in [0.05, 0.1) is 6.20 Å². The lowest BCUT2D eigenvalue weighted by atomic mass is 10.2. The van der Waals surface area contributed by atoms with E-state index < -0.39 is 0 Å². The molecule has 1 unspecified atom stereocenters. The van der Waals surface area contributed by atoms with Gasteiger partial charge in [-0.3, -0.25) is 0 Å². The maximum absolute atomic E-state index is 5.81. The molecule has 0 spiro atoms. The second-order valence-electron chi connectivity index (χ2n) is 3.43. The Hall–Kier alpha value is -0.500. The van der Waals surface area contributed by atoms with Crippen LogP contribution in [0.5, 0.6) is 0 Å². The number of nitrogens with zero attached hydrogens (tertiary/aromatic N) is 1. The quantitative estimate of drug-likeness (QED) is 0.677. The first kappa shape index (κ1) is 8.11. The molecule has 0 radical (unpaired) electrons. The Labute approximate surface area is 76.9 Å². The van der Waals surface area contributed by atoms with E-state index in [0.717, 1.165) is 18.1 Å². The van der Waals surface area contributed by atoms with Crippen molar-refractivity contribution in [2.24, 2.45) is 5.92 Å². The fourth-order valence-electron chi connectivity index (χ4n) is 1.21. The summed E-state index contributed by atoms with van der Waals surface area (Å²) in [7, 11) is 0. The van der Waals surface area contributed by atoms with Crippen molar-refractivity contribution in [3.63, 3.8) is 0 Å². The maximum atomic E-state index is 5.81. The zero-order chi connectivity index (χ0) is 8.55. The Bertz CT molecular complexity index is 265. The van der Waals surface area contributed by atoms with Gasteiger partial charge in [0.15, 0.2) is 0 Å². The Morgan fingerprint density at radius 3 is 3.00 bits per heavy atom. The highest BCUT2D eigenvalue weighted by Crippen LogP contribution is 2.33. The smallest absolute Gasteiger partial charge is 0.212 e. The average Bonchev–Trinajstić information content (AvgIpc) is 2.66. The van der Waals surface area contributed by atoms with Gasteiger partial charge >= 0.3 is 0 Å². The van der Waals surface area contributed by atoms with Crippen molar-refractivity contribution >= 4 is 11.6 Å². The van der Waals surface area contributed by atoms with Crippen LogP contribution in [-0.2, 0) is 6.42 Å². The first-order valence-corrected chi connectivity index (χ1v) is 4.78. The van der Waals surface area contributed by atoms with Gasteiger partial charge < -0.3 is 4.42 Å². The van der Waals surface area contributed by atoms with Crippen LogP contribution < -0.4 is 0 Å². The molecule has 66 valence electrons. The molecular weight excluding hydrogens is 174 g/mol. The van der Waals surface area contributed by atoms with Gasteiger partial charge in [0.25, 0.3) is 0 Å². The Balaban J connectivity index is 2.02. The normalized spacial score (nSPS) is 19.5. The van der Waals surface area contributed by atoms with Gasteiger partial charge in [-0.2, -0.15) is 0 Å². The number of halogens is 1. The van der Waals surface area contributed by atoms with Crippen LogP contribution in [0.25, 0.3) is 0 Å². The van der Waals surface area contributed by atoms with E-state index in [9.17, 15) is 0 Å². The summed E-state index contributed by atoms with van der Waals surface area (Å²) in [4.78, 5) is 4.10. The van der Waals surface area contributed by atoms with E-state index in [1.807, 2.05) is 6.92 Å². The number of oxazole rings is 1. The number of hydrogen-bond donors (Lipinski definition) is 0. The van der Waals surface area contributed by atoms with Gasteiger partial charge in [0.1, 0.15) is 11.1 Å². The van der Waals surface area contributed by atoms with E-state index in [-0.39, 0.29) is 5.38 Å². The summed E-state index contributed by atoms with van der Waals surface area (Å²) in [6.45, 7) is 1.87. The molecular formula is C9H12ClNO. The van der Waals surface area contributed by atoms with Crippen molar-refractivity contribution in [3.8, 4) is 0 Å². The van der Waals surface area contributed by atoms with E-state index in [1.54, 1.807) is 6.20 Å². The van der Waals surface area contributed by atoms with Crippen LogP contribution in [0, 0.1) is 5.92 Å². The third-order valence-electron chi connectivity index (χ3n) is 2.10. The van der Waals surface area contributed by atoms with Gasteiger partial charge in [-0.25, -0.2) is 4.98 Å². The molecule has 1 saturated carbocycles. The number of alkyl halides is 1.